The molecule has 1 aromatic heterocycles. The van der Waals surface area contributed by atoms with E-state index in [9.17, 15) is 4.79 Å². The molecule has 0 spiro atoms. The van der Waals surface area contributed by atoms with Gasteiger partial charge in [-0.25, -0.2) is 4.98 Å². The molecule has 1 heterocycles. The largest absolute Gasteiger partial charge is 0.348 e. The number of carbonyl (C=O) groups excluding carboxylic acids is 1. The van der Waals surface area contributed by atoms with Crippen molar-refractivity contribution in [2.75, 3.05) is 0 Å². The van der Waals surface area contributed by atoms with E-state index in [4.69, 9.17) is 0 Å². The van der Waals surface area contributed by atoms with Gasteiger partial charge in [0.1, 0.15) is 0 Å². The van der Waals surface area contributed by atoms with Gasteiger partial charge in [0.05, 0.1) is 16.7 Å². The van der Waals surface area contributed by atoms with Gasteiger partial charge in [0.15, 0.2) is 0 Å². The number of thiazole rings is 1. The first-order valence-electron chi connectivity index (χ1n) is 6.92. The van der Waals surface area contributed by atoms with Gasteiger partial charge in [-0.15, -0.1) is 11.3 Å². The molecule has 100 valence electrons. The summed E-state index contributed by atoms with van der Waals surface area (Å²) in [7, 11) is 0. The highest BCUT2D eigenvalue weighted by Crippen LogP contribution is 2.27. The minimum Gasteiger partial charge on any atom is -0.348 e. The predicted molar refractivity (Wildman–Crippen MR) is 74.6 cm³/mol. The van der Waals surface area contributed by atoms with Gasteiger partial charge in [0.25, 0.3) is 0 Å². The zero-order valence-corrected chi connectivity index (χ0v) is 12.1. The second-order valence-electron chi connectivity index (χ2n) is 5.16. The van der Waals surface area contributed by atoms with Crippen molar-refractivity contribution in [2.24, 2.45) is 5.92 Å². The van der Waals surface area contributed by atoms with Crippen molar-refractivity contribution in [1.82, 2.24) is 10.3 Å². The molecular formula is C14H22N2OS. The number of aromatic nitrogens is 1. The Labute approximate surface area is 113 Å². The van der Waals surface area contributed by atoms with Crippen LogP contribution in [-0.4, -0.2) is 10.9 Å². The number of carbonyl (C=O) groups is 1. The Balaban J connectivity index is 1.82. The van der Waals surface area contributed by atoms with Gasteiger partial charge >= 0.3 is 0 Å². The van der Waals surface area contributed by atoms with Gasteiger partial charge in [0.2, 0.25) is 5.91 Å². The summed E-state index contributed by atoms with van der Waals surface area (Å²) in [6.07, 6.45) is 6.68. The second kappa shape index (κ2) is 6.32. The molecule has 1 aromatic rings. The molecule has 1 fully saturated rings. The quantitative estimate of drug-likeness (QED) is 0.886. The number of rotatable bonds is 5. The Morgan fingerprint density at radius 3 is 2.89 bits per heavy atom. The lowest BCUT2D eigenvalue weighted by molar-refractivity contribution is -0.122. The van der Waals surface area contributed by atoms with Crippen LogP contribution in [0.5, 0.6) is 0 Å². The molecule has 0 bridgehead atoms. The van der Waals surface area contributed by atoms with Crippen LogP contribution in [0.3, 0.4) is 0 Å². The topological polar surface area (TPSA) is 42.0 Å². The van der Waals surface area contributed by atoms with E-state index in [2.05, 4.69) is 22.6 Å². The summed E-state index contributed by atoms with van der Waals surface area (Å²) in [5.41, 5.74) is 0.997. The molecule has 18 heavy (non-hydrogen) atoms. The van der Waals surface area contributed by atoms with Crippen molar-refractivity contribution in [2.45, 2.75) is 58.4 Å². The number of nitrogens with one attached hydrogen (secondary N) is 1. The minimum atomic E-state index is 0.0375. The minimum absolute atomic E-state index is 0.0375. The molecule has 1 amide bonds. The first kappa shape index (κ1) is 13.5. The summed E-state index contributed by atoms with van der Waals surface area (Å²) in [6, 6.07) is 0.0375. The molecule has 1 unspecified atom stereocenters. The van der Waals surface area contributed by atoms with Crippen molar-refractivity contribution >= 4 is 17.2 Å². The van der Waals surface area contributed by atoms with Gasteiger partial charge in [0, 0.05) is 11.8 Å². The summed E-state index contributed by atoms with van der Waals surface area (Å²) in [4.78, 5) is 16.4. The van der Waals surface area contributed by atoms with E-state index in [-0.39, 0.29) is 11.9 Å². The molecule has 1 N–H and O–H groups in total. The second-order valence-corrected chi connectivity index (χ2v) is 6.11. The molecule has 1 saturated carbocycles. The number of hydrogen-bond acceptors (Lipinski definition) is 3. The number of amides is 1. The predicted octanol–water partition coefficient (Wildman–Crippen LogP) is 3.46. The summed E-state index contributed by atoms with van der Waals surface area (Å²) < 4.78 is 0. The SMILES string of the molecule is CCc1nc(C(C)NC(=O)CC2CCCC2)cs1. The first-order chi connectivity index (χ1) is 8.69. The van der Waals surface area contributed by atoms with Gasteiger partial charge < -0.3 is 5.32 Å². The van der Waals surface area contributed by atoms with Gasteiger partial charge in [-0.05, 0) is 32.1 Å². The van der Waals surface area contributed by atoms with Crippen molar-refractivity contribution in [3.8, 4) is 0 Å². The van der Waals surface area contributed by atoms with E-state index in [1.807, 2.05) is 6.92 Å². The van der Waals surface area contributed by atoms with Crippen LogP contribution in [0, 0.1) is 5.92 Å². The third-order valence-electron chi connectivity index (χ3n) is 3.64. The highest BCUT2D eigenvalue weighted by Gasteiger charge is 2.20. The van der Waals surface area contributed by atoms with Crippen molar-refractivity contribution in [3.05, 3.63) is 16.1 Å². The Morgan fingerprint density at radius 1 is 1.56 bits per heavy atom. The smallest absolute Gasteiger partial charge is 0.220 e. The number of aryl methyl sites for hydroxylation is 1. The normalized spacial score (nSPS) is 17.9. The van der Waals surface area contributed by atoms with Crippen LogP contribution in [0.15, 0.2) is 5.38 Å². The fourth-order valence-electron chi connectivity index (χ4n) is 2.54. The fourth-order valence-corrected chi connectivity index (χ4v) is 3.38. The van der Waals surface area contributed by atoms with E-state index < -0.39 is 0 Å². The zero-order valence-electron chi connectivity index (χ0n) is 11.2. The molecule has 1 atom stereocenters. The Morgan fingerprint density at radius 2 is 2.28 bits per heavy atom. The highest BCUT2D eigenvalue weighted by molar-refractivity contribution is 7.09. The molecule has 0 aliphatic heterocycles. The Bertz CT molecular complexity index is 396. The maximum atomic E-state index is 11.9. The fraction of sp³-hybridized carbons (Fsp3) is 0.714. The zero-order chi connectivity index (χ0) is 13.0. The molecule has 1 aliphatic carbocycles. The summed E-state index contributed by atoms with van der Waals surface area (Å²) >= 11 is 1.68. The molecule has 4 heteroatoms. The van der Waals surface area contributed by atoms with E-state index in [0.29, 0.717) is 12.3 Å². The average molecular weight is 266 g/mol. The van der Waals surface area contributed by atoms with Crippen LogP contribution < -0.4 is 5.32 Å². The van der Waals surface area contributed by atoms with Crippen LogP contribution in [0.1, 0.15) is 62.7 Å². The molecule has 1 aliphatic rings. The van der Waals surface area contributed by atoms with Crippen LogP contribution in [0.2, 0.25) is 0 Å². The maximum Gasteiger partial charge on any atom is 0.220 e. The molecule has 0 aromatic carbocycles. The first-order valence-corrected chi connectivity index (χ1v) is 7.80. The molecule has 2 rings (SSSR count). The van der Waals surface area contributed by atoms with Gasteiger partial charge in [-0.2, -0.15) is 0 Å². The lowest BCUT2D eigenvalue weighted by atomic mass is 10.0. The third-order valence-corrected chi connectivity index (χ3v) is 4.65. The van der Waals surface area contributed by atoms with Crippen LogP contribution in [0.4, 0.5) is 0 Å². The van der Waals surface area contributed by atoms with Gasteiger partial charge in [-0.3, -0.25) is 4.79 Å². The summed E-state index contributed by atoms with van der Waals surface area (Å²) in [5.74, 6) is 0.791. The molecule has 0 radical (unpaired) electrons. The van der Waals surface area contributed by atoms with Crippen LogP contribution in [0.25, 0.3) is 0 Å². The average Bonchev–Trinajstić information content (AvgIpc) is 2.98. The van der Waals surface area contributed by atoms with E-state index in [1.54, 1.807) is 11.3 Å². The number of nitrogens with zero attached hydrogens (tertiary/aromatic N) is 1. The summed E-state index contributed by atoms with van der Waals surface area (Å²) in [5, 5.41) is 6.26. The van der Waals surface area contributed by atoms with E-state index >= 15 is 0 Å². The lowest BCUT2D eigenvalue weighted by Gasteiger charge is -2.14. The standard InChI is InChI=1S/C14H22N2OS/c1-3-14-16-12(9-18-14)10(2)15-13(17)8-11-6-4-5-7-11/h9-11H,3-8H2,1-2H3,(H,15,17). The van der Waals surface area contributed by atoms with E-state index in [0.717, 1.165) is 17.1 Å². The van der Waals surface area contributed by atoms with Crippen molar-refractivity contribution in [1.29, 1.82) is 0 Å². The van der Waals surface area contributed by atoms with Crippen LogP contribution >= 0.6 is 11.3 Å². The number of hydrogen-bond donors (Lipinski definition) is 1. The van der Waals surface area contributed by atoms with Crippen molar-refractivity contribution < 1.29 is 4.79 Å². The Hall–Kier alpha value is -0.900. The Kier molecular flexibility index (Phi) is 4.75. The molecule has 3 nitrogen and oxygen atoms in total. The highest BCUT2D eigenvalue weighted by atomic mass is 32.1. The van der Waals surface area contributed by atoms with Crippen molar-refractivity contribution in [3.63, 3.8) is 0 Å². The van der Waals surface area contributed by atoms with Crippen LogP contribution in [-0.2, 0) is 11.2 Å². The van der Waals surface area contributed by atoms with Gasteiger partial charge in [-0.1, -0.05) is 19.8 Å². The molecule has 0 saturated heterocycles. The third kappa shape index (κ3) is 3.55. The monoisotopic (exact) mass is 266 g/mol. The van der Waals surface area contributed by atoms with E-state index in [1.165, 1.54) is 25.7 Å². The lowest BCUT2D eigenvalue weighted by Crippen LogP contribution is -2.28. The molecular weight excluding hydrogens is 244 g/mol. The summed E-state index contributed by atoms with van der Waals surface area (Å²) in [6.45, 7) is 4.12. The maximum absolute atomic E-state index is 11.9.